The second kappa shape index (κ2) is 18.0. The molecule has 2 N–H and O–H groups in total. The number of nitrogens with one attached hydrogen (secondary N) is 1. The standard InChI is InChI=1S/C49H59ClN2O6SSi/c1-6-15-35(31-58-60(48(3,4)5,40-17-10-8-11-18-40)41-19-12-9-13-20-41)32-59(55,56)51-47(54)37-22-26-46-44(29-37)52(30-38-21-24-42(38)45(53)7-2)33-49(34-57-46)27-14-16-36-28-39(50)23-25-43(36)49/h6-13,17-20,22-23,25-26,28-29,35,38,42,45,53H,1-2,14-16,21,24,27,30-34H2,3-5H3,(H,51,54)/t35-,38-,42+,45-,49-/m0/s1. The van der Waals surface area contributed by atoms with Crippen LogP contribution in [0.15, 0.2) is 122 Å². The average Bonchev–Trinajstić information content (AvgIpc) is 3.36. The summed E-state index contributed by atoms with van der Waals surface area (Å²) in [7, 11) is -7.07. The number of benzene rings is 4. The number of fused-ring (bicyclic) bond motifs is 3. The number of rotatable bonds is 15. The van der Waals surface area contributed by atoms with Gasteiger partial charge in [0, 0.05) is 41.6 Å². The number of ether oxygens (including phenoxy) is 1. The van der Waals surface area contributed by atoms with Crippen molar-refractivity contribution in [1.29, 1.82) is 0 Å². The molecule has 0 radical (unpaired) electrons. The number of carbonyl (C=O) groups excluding carboxylic acids is 1. The van der Waals surface area contributed by atoms with Crippen molar-refractivity contribution in [1.82, 2.24) is 4.72 Å². The Kier molecular flexibility index (Phi) is 13.2. The van der Waals surface area contributed by atoms with Crippen LogP contribution in [0.2, 0.25) is 10.1 Å². The summed E-state index contributed by atoms with van der Waals surface area (Å²) in [5, 5.41) is 13.4. The number of amides is 1. The second-order valence-corrected chi connectivity index (χ2v) is 24.6. The molecule has 1 saturated carbocycles. The van der Waals surface area contributed by atoms with Gasteiger partial charge in [0.15, 0.2) is 0 Å². The summed E-state index contributed by atoms with van der Waals surface area (Å²) in [4.78, 5) is 16.3. The van der Waals surface area contributed by atoms with Gasteiger partial charge in [0.1, 0.15) is 5.75 Å². The first kappa shape index (κ1) is 43.9. The Labute approximate surface area is 362 Å². The monoisotopic (exact) mass is 866 g/mol. The molecule has 318 valence electrons. The SMILES string of the molecule is C=CC[C@@H](CO[Si](c1ccccc1)(c1ccccc1)C(C)(C)C)CS(=O)(=O)NC(=O)c1ccc2c(c1)N(C[C@@H]1CC[C@H]1[C@@H](O)C=C)C[C@@]1(CCCc3cc(Cl)ccc31)CO2. The van der Waals surface area contributed by atoms with E-state index in [0.717, 1.165) is 48.2 Å². The van der Waals surface area contributed by atoms with Crippen molar-refractivity contribution in [2.24, 2.45) is 17.8 Å². The summed E-state index contributed by atoms with van der Waals surface area (Å²) in [6.07, 6.45) is 7.85. The maximum atomic E-state index is 14.0. The van der Waals surface area contributed by atoms with Gasteiger partial charge in [-0.25, -0.2) is 13.1 Å². The van der Waals surface area contributed by atoms with Gasteiger partial charge in [-0.15, -0.1) is 13.2 Å². The Morgan fingerprint density at radius 2 is 1.73 bits per heavy atom. The maximum absolute atomic E-state index is 14.0. The highest BCUT2D eigenvalue weighted by atomic mass is 35.5. The molecule has 3 aliphatic rings. The minimum atomic E-state index is -4.12. The number of hydrogen-bond donors (Lipinski definition) is 2. The number of aliphatic hydroxyl groups excluding tert-OH is 1. The first-order valence-electron chi connectivity index (χ1n) is 21.2. The molecular formula is C49H59ClN2O6SSi. The van der Waals surface area contributed by atoms with Crippen LogP contribution in [0.5, 0.6) is 5.75 Å². The van der Waals surface area contributed by atoms with Gasteiger partial charge < -0.3 is 19.2 Å². The van der Waals surface area contributed by atoms with E-state index in [2.05, 4.69) is 79.9 Å². The van der Waals surface area contributed by atoms with Gasteiger partial charge in [0.2, 0.25) is 10.0 Å². The lowest BCUT2D eigenvalue weighted by molar-refractivity contribution is 0.0460. The molecule has 1 heterocycles. The minimum absolute atomic E-state index is 0.0873. The second-order valence-electron chi connectivity index (χ2n) is 18.1. The number of carbonyl (C=O) groups is 1. The third kappa shape index (κ3) is 9.04. The normalized spacial score (nSPS) is 21.3. The molecule has 7 rings (SSSR count). The molecule has 1 fully saturated rings. The first-order chi connectivity index (χ1) is 28.7. The van der Waals surface area contributed by atoms with Crippen molar-refractivity contribution in [2.75, 3.05) is 37.0 Å². The van der Waals surface area contributed by atoms with E-state index < -0.39 is 36.3 Å². The smallest absolute Gasteiger partial charge is 0.264 e. The lowest BCUT2D eigenvalue weighted by Gasteiger charge is -2.45. The van der Waals surface area contributed by atoms with Crippen LogP contribution in [0.25, 0.3) is 0 Å². The van der Waals surface area contributed by atoms with E-state index in [-0.39, 0.29) is 40.2 Å². The van der Waals surface area contributed by atoms with Gasteiger partial charge >= 0.3 is 0 Å². The lowest BCUT2D eigenvalue weighted by atomic mass is 9.68. The molecule has 0 saturated heterocycles. The Bertz CT molecular complexity index is 2240. The average molecular weight is 868 g/mol. The van der Waals surface area contributed by atoms with Crippen LogP contribution in [0.4, 0.5) is 5.69 Å². The molecule has 11 heteroatoms. The van der Waals surface area contributed by atoms with Crippen molar-refractivity contribution in [2.45, 2.75) is 75.9 Å². The summed E-state index contributed by atoms with van der Waals surface area (Å²) < 4.78 is 44.0. The molecule has 60 heavy (non-hydrogen) atoms. The number of aryl methyl sites for hydroxylation is 1. The quantitative estimate of drug-likeness (QED) is 0.0918. The molecule has 0 aromatic heterocycles. The van der Waals surface area contributed by atoms with Crippen LogP contribution in [0.3, 0.4) is 0 Å². The largest absolute Gasteiger partial charge is 0.490 e. The molecule has 0 unspecified atom stereocenters. The van der Waals surface area contributed by atoms with Crippen molar-refractivity contribution in [3.8, 4) is 5.75 Å². The van der Waals surface area contributed by atoms with Crippen LogP contribution >= 0.6 is 11.6 Å². The Hall–Kier alpha value is -4.19. The highest BCUT2D eigenvalue weighted by molar-refractivity contribution is 7.90. The molecule has 4 aromatic rings. The van der Waals surface area contributed by atoms with Crippen LogP contribution in [-0.2, 0) is 26.3 Å². The fourth-order valence-electron chi connectivity index (χ4n) is 9.96. The van der Waals surface area contributed by atoms with Crippen LogP contribution < -0.4 is 24.7 Å². The van der Waals surface area contributed by atoms with Crippen molar-refractivity contribution < 1.29 is 27.5 Å². The maximum Gasteiger partial charge on any atom is 0.264 e. The first-order valence-corrected chi connectivity index (χ1v) is 25.1. The van der Waals surface area contributed by atoms with Gasteiger partial charge in [-0.2, -0.15) is 0 Å². The van der Waals surface area contributed by atoms with E-state index in [4.69, 9.17) is 20.8 Å². The Morgan fingerprint density at radius 1 is 1.03 bits per heavy atom. The van der Waals surface area contributed by atoms with Crippen molar-refractivity contribution in [3.63, 3.8) is 0 Å². The third-order valence-electron chi connectivity index (χ3n) is 13.1. The molecule has 5 atom stereocenters. The molecule has 4 aromatic carbocycles. The number of aliphatic hydroxyl groups is 1. The minimum Gasteiger partial charge on any atom is -0.490 e. The molecule has 2 aliphatic carbocycles. The summed E-state index contributed by atoms with van der Waals surface area (Å²) in [5.41, 5.74) is 3.08. The molecule has 8 nitrogen and oxygen atoms in total. The number of anilines is 1. The number of nitrogens with zero attached hydrogens (tertiary/aromatic N) is 1. The molecular weight excluding hydrogens is 808 g/mol. The summed E-state index contributed by atoms with van der Waals surface area (Å²) in [5.74, 6) is -0.549. The lowest BCUT2D eigenvalue weighted by Crippen LogP contribution is -2.67. The van der Waals surface area contributed by atoms with Crippen molar-refractivity contribution >= 4 is 51.9 Å². The number of halogens is 1. The summed E-state index contributed by atoms with van der Waals surface area (Å²) in [6.45, 7) is 16.2. The number of hydrogen-bond acceptors (Lipinski definition) is 7. The molecule has 1 aliphatic heterocycles. The fraction of sp³-hybridized carbons (Fsp3) is 0.408. The Balaban J connectivity index is 1.14. The van der Waals surface area contributed by atoms with Gasteiger partial charge in [-0.05, 0) is 107 Å². The van der Waals surface area contributed by atoms with Gasteiger partial charge in [-0.1, -0.05) is 111 Å². The topological polar surface area (TPSA) is 105 Å². The van der Waals surface area contributed by atoms with Gasteiger partial charge in [0.05, 0.1) is 24.2 Å². The van der Waals surface area contributed by atoms with E-state index in [1.54, 1.807) is 30.4 Å². The van der Waals surface area contributed by atoms with Crippen molar-refractivity contribution in [3.05, 3.63) is 144 Å². The molecule has 1 spiro atoms. The zero-order chi connectivity index (χ0) is 42.7. The van der Waals surface area contributed by atoms with E-state index in [0.29, 0.717) is 36.9 Å². The molecule has 0 bridgehead atoms. The highest BCUT2D eigenvalue weighted by Crippen LogP contribution is 2.47. The predicted octanol–water partition coefficient (Wildman–Crippen LogP) is 8.21. The molecule has 1 amide bonds. The zero-order valence-electron chi connectivity index (χ0n) is 35.1. The van der Waals surface area contributed by atoms with Crippen LogP contribution in [0.1, 0.15) is 74.4 Å². The van der Waals surface area contributed by atoms with E-state index >= 15 is 0 Å². The van der Waals surface area contributed by atoms with Crippen LogP contribution in [0, 0.1) is 17.8 Å². The van der Waals surface area contributed by atoms with Gasteiger partial charge in [-0.3, -0.25) is 4.79 Å². The highest BCUT2D eigenvalue weighted by Gasteiger charge is 2.50. The fourth-order valence-corrected chi connectivity index (χ4v) is 16.1. The van der Waals surface area contributed by atoms with E-state index in [1.807, 2.05) is 42.5 Å². The third-order valence-corrected chi connectivity index (χ3v) is 19.7. The Morgan fingerprint density at radius 3 is 2.35 bits per heavy atom. The predicted molar refractivity (Wildman–Crippen MR) is 246 cm³/mol. The van der Waals surface area contributed by atoms with Gasteiger partial charge in [0.25, 0.3) is 14.2 Å². The number of allylic oxidation sites excluding steroid dienone is 1. The summed E-state index contributed by atoms with van der Waals surface area (Å²) in [6, 6.07) is 31.8. The summed E-state index contributed by atoms with van der Waals surface area (Å²) >= 11 is 6.46. The van der Waals surface area contributed by atoms with E-state index in [9.17, 15) is 18.3 Å². The number of sulfonamides is 1. The van der Waals surface area contributed by atoms with E-state index in [1.165, 1.54) is 11.1 Å². The van der Waals surface area contributed by atoms with Crippen LogP contribution in [-0.4, -0.2) is 65.9 Å². The zero-order valence-corrected chi connectivity index (χ0v) is 37.7.